The Balaban J connectivity index is 1.85. The van der Waals surface area contributed by atoms with Crippen LogP contribution in [0, 0.1) is 13.8 Å². The maximum absolute atomic E-state index is 9.35. The highest BCUT2D eigenvalue weighted by molar-refractivity contribution is 5.72. The first-order valence-corrected chi connectivity index (χ1v) is 8.15. The molecule has 1 N–H and O–H groups in total. The molecular formula is C22H22O2. The zero-order valence-corrected chi connectivity index (χ0v) is 14.1. The lowest BCUT2D eigenvalue weighted by atomic mass is 9.94. The Kier molecular flexibility index (Phi) is 4.97. The van der Waals surface area contributed by atoms with Gasteiger partial charge in [0.1, 0.15) is 12.4 Å². The van der Waals surface area contributed by atoms with E-state index in [0.717, 1.165) is 22.4 Å². The second-order valence-electron chi connectivity index (χ2n) is 6.06. The van der Waals surface area contributed by atoms with Gasteiger partial charge in [0, 0.05) is 0 Å². The third kappa shape index (κ3) is 3.66. The smallest absolute Gasteiger partial charge is 0.120 e. The molecule has 2 heteroatoms. The molecule has 0 unspecified atom stereocenters. The van der Waals surface area contributed by atoms with Crippen LogP contribution < -0.4 is 4.74 Å². The normalized spacial score (nSPS) is 10.6. The van der Waals surface area contributed by atoms with Gasteiger partial charge in [0.2, 0.25) is 0 Å². The fourth-order valence-electron chi connectivity index (χ4n) is 3.03. The van der Waals surface area contributed by atoms with Crippen molar-refractivity contribution in [1.82, 2.24) is 0 Å². The van der Waals surface area contributed by atoms with E-state index in [1.165, 1.54) is 16.7 Å². The molecule has 0 heterocycles. The highest BCUT2D eigenvalue weighted by Gasteiger charge is 2.09. The zero-order chi connectivity index (χ0) is 16.9. The van der Waals surface area contributed by atoms with Gasteiger partial charge in [-0.05, 0) is 65.4 Å². The molecule has 0 spiro atoms. The lowest BCUT2D eigenvalue weighted by Crippen LogP contribution is -1.97. The minimum Gasteiger partial charge on any atom is -0.489 e. The standard InChI is InChI=1S/C22H22O2/c1-16-11-21(24-15-18-7-4-3-5-8-18)12-17(2)22(16)20-10-6-9-19(13-20)14-23/h3-13,23H,14-15H2,1-2H3. The van der Waals surface area contributed by atoms with Gasteiger partial charge in [0.15, 0.2) is 0 Å². The summed E-state index contributed by atoms with van der Waals surface area (Å²) in [6.45, 7) is 4.83. The van der Waals surface area contributed by atoms with Crippen LogP contribution in [0.25, 0.3) is 11.1 Å². The number of ether oxygens (including phenoxy) is 1. The van der Waals surface area contributed by atoms with E-state index in [1.54, 1.807) is 0 Å². The molecule has 0 aliphatic heterocycles. The monoisotopic (exact) mass is 318 g/mol. The fraction of sp³-hybridized carbons (Fsp3) is 0.182. The van der Waals surface area contributed by atoms with Gasteiger partial charge in [-0.2, -0.15) is 0 Å². The second-order valence-corrected chi connectivity index (χ2v) is 6.06. The van der Waals surface area contributed by atoms with Gasteiger partial charge >= 0.3 is 0 Å². The Morgan fingerprint density at radius 3 is 2.12 bits per heavy atom. The number of benzene rings is 3. The van der Waals surface area contributed by atoms with E-state index in [1.807, 2.05) is 36.4 Å². The average molecular weight is 318 g/mol. The maximum Gasteiger partial charge on any atom is 0.120 e. The highest BCUT2D eigenvalue weighted by Crippen LogP contribution is 2.31. The topological polar surface area (TPSA) is 29.5 Å². The van der Waals surface area contributed by atoms with Gasteiger partial charge in [0.25, 0.3) is 0 Å². The van der Waals surface area contributed by atoms with Crippen LogP contribution >= 0.6 is 0 Å². The third-order valence-electron chi connectivity index (χ3n) is 4.15. The first kappa shape index (κ1) is 16.3. The van der Waals surface area contributed by atoms with Crippen LogP contribution in [0.4, 0.5) is 0 Å². The van der Waals surface area contributed by atoms with Crippen LogP contribution in [-0.4, -0.2) is 5.11 Å². The predicted molar refractivity (Wildman–Crippen MR) is 98.0 cm³/mol. The molecule has 0 fully saturated rings. The van der Waals surface area contributed by atoms with Crippen molar-refractivity contribution >= 4 is 0 Å². The Bertz CT molecular complexity index is 799. The van der Waals surface area contributed by atoms with E-state index in [4.69, 9.17) is 4.74 Å². The van der Waals surface area contributed by atoms with Gasteiger partial charge in [-0.25, -0.2) is 0 Å². The van der Waals surface area contributed by atoms with Crippen molar-refractivity contribution < 1.29 is 9.84 Å². The predicted octanol–water partition coefficient (Wildman–Crippen LogP) is 5.04. The van der Waals surface area contributed by atoms with Gasteiger partial charge in [-0.3, -0.25) is 0 Å². The van der Waals surface area contributed by atoms with Crippen LogP contribution in [0.1, 0.15) is 22.3 Å². The number of aliphatic hydroxyl groups excluding tert-OH is 1. The third-order valence-corrected chi connectivity index (χ3v) is 4.15. The molecule has 0 saturated heterocycles. The number of hydrogen-bond donors (Lipinski definition) is 1. The minimum absolute atomic E-state index is 0.0597. The van der Waals surface area contributed by atoms with Crippen molar-refractivity contribution in [3.63, 3.8) is 0 Å². The van der Waals surface area contributed by atoms with E-state index in [9.17, 15) is 5.11 Å². The first-order chi connectivity index (χ1) is 11.7. The molecule has 0 aromatic heterocycles. The Labute approximate surface area is 143 Å². The van der Waals surface area contributed by atoms with E-state index in [2.05, 4.69) is 44.2 Å². The maximum atomic E-state index is 9.35. The van der Waals surface area contributed by atoms with Crippen molar-refractivity contribution in [2.45, 2.75) is 27.1 Å². The molecule has 0 atom stereocenters. The van der Waals surface area contributed by atoms with Crippen LogP contribution in [0.2, 0.25) is 0 Å². The average Bonchev–Trinajstić information content (AvgIpc) is 2.60. The first-order valence-electron chi connectivity index (χ1n) is 8.15. The Hall–Kier alpha value is -2.58. The molecule has 0 saturated carbocycles. The number of aliphatic hydroxyl groups is 1. The molecule has 3 aromatic rings. The summed E-state index contributed by atoms with van der Waals surface area (Å²) in [5, 5.41) is 9.35. The molecule has 0 aliphatic rings. The van der Waals surface area contributed by atoms with Gasteiger partial charge in [0.05, 0.1) is 6.61 Å². The molecule has 122 valence electrons. The van der Waals surface area contributed by atoms with Gasteiger partial charge in [-0.15, -0.1) is 0 Å². The summed E-state index contributed by atoms with van der Waals surface area (Å²) in [4.78, 5) is 0. The van der Waals surface area contributed by atoms with Gasteiger partial charge < -0.3 is 9.84 Å². The molecule has 2 nitrogen and oxygen atoms in total. The SMILES string of the molecule is Cc1cc(OCc2ccccc2)cc(C)c1-c1cccc(CO)c1. The molecule has 0 radical (unpaired) electrons. The summed E-state index contributed by atoms with van der Waals surface area (Å²) in [7, 11) is 0. The van der Waals surface area contributed by atoms with Crippen molar-refractivity contribution in [2.24, 2.45) is 0 Å². The lowest BCUT2D eigenvalue weighted by Gasteiger charge is -2.14. The van der Waals surface area contributed by atoms with E-state index in [-0.39, 0.29) is 6.61 Å². The summed E-state index contributed by atoms with van der Waals surface area (Å²) in [6.07, 6.45) is 0. The van der Waals surface area contributed by atoms with Crippen molar-refractivity contribution in [2.75, 3.05) is 0 Å². The molecule has 24 heavy (non-hydrogen) atoms. The molecule has 0 aliphatic carbocycles. The molecule has 0 bridgehead atoms. The van der Waals surface area contributed by atoms with E-state index >= 15 is 0 Å². The number of aryl methyl sites for hydroxylation is 2. The van der Waals surface area contributed by atoms with Crippen LogP contribution in [0.5, 0.6) is 5.75 Å². The minimum atomic E-state index is 0.0597. The van der Waals surface area contributed by atoms with Crippen molar-refractivity contribution in [1.29, 1.82) is 0 Å². The quantitative estimate of drug-likeness (QED) is 0.714. The lowest BCUT2D eigenvalue weighted by molar-refractivity contribution is 0.282. The molecule has 0 amide bonds. The second kappa shape index (κ2) is 7.33. The Morgan fingerprint density at radius 1 is 0.792 bits per heavy atom. The van der Waals surface area contributed by atoms with E-state index in [0.29, 0.717) is 6.61 Å². The number of rotatable bonds is 5. The molecule has 3 rings (SSSR count). The fourth-order valence-corrected chi connectivity index (χ4v) is 3.03. The van der Waals surface area contributed by atoms with E-state index < -0.39 is 0 Å². The zero-order valence-electron chi connectivity index (χ0n) is 14.1. The Morgan fingerprint density at radius 2 is 1.46 bits per heavy atom. The van der Waals surface area contributed by atoms with Crippen LogP contribution in [0.15, 0.2) is 66.7 Å². The molecule has 3 aromatic carbocycles. The number of hydrogen-bond acceptors (Lipinski definition) is 2. The summed E-state index contributed by atoms with van der Waals surface area (Å²) in [5.41, 5.74) is 6.77. The highest BCUT2D eigenvalue weighted by atomic mass is 16.5. The van der Waals surface area contributed by atoms with Crippen molar-refractivity contribution in [3.8, 4) is 16.9 Å². The summed E-state index contributed by atoms with van der Waals surface area (Å²) in [5.74, 6) is 0.885. The van der Waals surface area contributed by atoms with Crippen molar-refractivity contribution in [3.05, 3.63) is 89.0 Å². The largest absolute Gasteiger partial charge is 0.489 e. The summed E-state index contributed by atoms with van der Waals surface area (Å²) < 4.78 is 5.95. The van der Waals surface area contributed by atoms with Crippen LogP contribution in [-0.2, 0) is 13.2 Å². The summed E-state index contributed by atoms with van der Waals surface area (Å²) in [6, 6.07) is 22.4. The molecular weight excluding hydrogens is 296 g/mol. The summed E-state index contributed by atoms with van der Waals surface area (Å²) >= 11 is 0. The van der Waals surface area contributed by atoms with Crippen LogP contribution in [0.3, 0.4) is 0 Å². The van der Waals surface area contributed by atoms with Gasteiger partial charge in [-0.1, -0.05) is 48.5 Å².